The lowest BCUT2D eigenvalue weighted by Crippen LogP contribution is -2.31. The van der Waals surface area contributed by atoms with E-state index < -0.39 is 0 Å². The second-order valence-electron chi connectivity index (χ2n) is 5.42. The zero-order chi connectivity index (χ0) is 12.8. The monoisotopic (exact) mass is 234 g/mol. The lowest BCUT2D eigenvalue weighted by Gasteiger charge is -2.21. The van der Waals surface area contributed by atoms with Crippen molar-refractivity contribution in [3.8, 4) is 0 Å². The van der Waals surface area contributed by atoms with E-state index in [2.05, 4.69) is 57.0 Å². The molecule has 2 heteroatoms. The zero-order valence-corrected chi connectivity index (χ0v) is 11.6. The van der Waals surface area contributed by atoms with Gasteiger partial charge in [-0.15, -0.1) is 0 Å². The Morgan fingerprint density at radius 1 is 1.18 bits per heavy atom. The van der Waals surface area contributed by atoms with E-state index in [9.17, 15) is 0 Å². The van der Waals surface area contributed by atoms with Crippen LogP contribution in [0, 0.1) is 12.8 Å². The smallest absolute Gasteiger partial charge is 0.0230 e. The van der Waals surface area contributed by atoms with Gasteiger partial charge in [-0.2, -0.15) is 0 Å². The summed E-state index contributed by atoms with van der Waals surface area (Å²) in [4.78, 5) is 2.34. The maximum atomic E-state index is 6.05. The van der Waals surface area contributed by atoms with E-state index >= 15 is 0 Å². The SMILES string of the molecule is Cc1ccc(CN(C)CCC(N)C(C)C)cc1. The lowest BCUT2D eigenvalue weighted by atomic mass is 10.0. The molecule has 96 valence electrons. The number of rotatable bonds is 6. The molecule has 0 aliphatic rings. The Hall–Kier alpha value is -0.860. The molecule has 1 atom stereocenters. The summed E-state index contributed by atoms with van der Waals surface area (Å²) in [7, 11) is 2.16. The van der Waals surface area contributed by atoms with Crippen LogP contribution < -0.4 is 5.73 Å². The minimum Gasteiger partial charge on any atom is -0.327 e. The van der Waals surface area contributed by atoms with Gasteiger partial charge in [-0.05, 0) is 38.4 Å². The average molecular weight is 234 g/mol. The van der Waals surface area contributed by atoms with Gasteiger partial charge in [0.1, 0.15) is 0 Å². The van der Waals surface area contributed by atoms with E-state index in [1.165, 1.54) is 11.1 Å². The van der Waals surface area contributed by atoms with Crippen molar-refractivity contribution >= 4 is 0 Å². The topological polar surface area (TPSA) is 29.3 Å². The zero-order valence-electron chi connectivity index (χ0n) is 11.6. The molecule has 2 N–H and O–H groups in total. The summed E-state index contributed by atoms with van der Waals surface area (Å²) in [6, 6.07) is 9.06. The van der Waals surface area contributed by atoms with Crippen LogP contribution in [0.25, 0.3) is 0 Å². The van der Waals surface area contributed by atoms with Gasteiger partial charge in [0.25, 0.3) is 0 Å². The quantitative estimate of drug-likeness (QED) is 0.820. The molecular formula is C15H26N2. The molecular weight excluding hydrogens is 208 g/mol. The third-order valence-electron chi connectivity index (χ3n) is 3.27. The Morgan fingerprint density at radius 2 is 1.76 bits per heavy atom. The van der Waals surface area contributed by atoms with Crippen LogP contribution in [0.2, 0.25) is 0 Å². The van der Waals surface area contributed by atoms with Gasteiger partial charge in [-0.3, -0.25) is 0 Å². The van der Waals surface area contributed by atoms with E-state index in [0.717, 1.165) is 19.5 Å². The van der Waals surface area contributed by atoms with Crippen LogP contribution in [-0.2, 0) is 6.54 Å². The van der Waals surface area contributed by atoms with Crippen molar-refractivity contribution in [2.75, 3.05) is 13.6 Å². The van der Waals surface area contributed by atoms with Gasteiger partial charge < -0.3 is 10.6 Å². The van der Waals surface area contributed by atoms with Crippen LogP contribution in [0.4, 0.5) is 0 Å². The van der Waals surface area contributed by atoms with Gasteiger partial charge >= 0.3 is 0 Å². The van der Waals surface area contributed by atoms with E-state index in [4.69, 9.17) is 5.73 Å². The average Bonchev–Trinajstić information content (AvgIpc) is 2.29. The minimum absolute atomic E-state index is 0.315. The molecule has 0 spiro atoms. The Labute approximate surface area is 106 Å². The lowest BCUT2D eigenvalue weighted by molar-refractivity contribution is 0.296. The molecule has 0 aliphatic carbocycles. The van der Waals surface area contributed by atoms with Crippen LogP contribution in [-0.4, -0.2) is 24.5 Å². The largest absolute Gasteiger partial charge is 0.327 e. The van der Waals surface area contributed by atoms with Crippen molar-refractivity contribution in [3.63, 3.8) is 0 Å². The van der Waals surface area contributed by atoms with E-state index in [1.807, 2.05) is 0 Å². The molecule has 17 heavy (non-hydrogen) atoms. The molecule has 0 bridgehead atoms. The molecule has 0 aromatic heterocycles. The second-order valence-corrected chi connectivity index (χ2v) is 5.42. The second kappa shape index (κ2) is 6.77. The van der Waals surface area contributed by atoms with Gasteiger partial charge in [-0.25, -0.2) is 0 Å². The number of nitrogens with two attached hydrogens (primary N) is 1. The van der Waals surface area contributed by atoms with E-state index in [-0.39, 0.29) is 0 Å². The number of hydrogen-bond acceptors (Lipinski definition) is 2. The van der Waals surface area contributed by atoms with Gasteiger partial charge in [0, 0.05) is 12.6 Å². The predicted octanol–water partition coefficient (Wildman–Crippen LogP) is 2.80. The van der Waals surface area contributed by atoms with Crippen molar-refractivity contribution in [1.29, 1.82) is 0 Å². The summed E-state index contributed by atoms with van der Waals surface area (Å²) >= 11 is 0. The number of aryl methyl sites for hydroxylation is 1. The highest BCUT2D eigenvalue weighted by Gasteiger charge is 2.08. The molecule has 2 nitrogen and oxygen atoms in total. The number of hydrogen-bond donors (Lipinski definition) is 1. The van der Waals surface area contributed by atoms with Crippen LogP contribution in [0.1, 0.15) is 31.4 Å². The maximum Gasteiger partial charge on any atom is 0.0230 e. The van der Waals surface area contributed by atoms with E-state index in [0.29, 0.717) is 12.0 Å². The number of benzene rings is 1. The molecule has 0 heterocycles. The third-order valence-corrected chi connectivity index (χ3v) is 3.27. The summed E-state index contributed by atoms with van der Waals surface area (Å²) in [5, 5.41) is 0. The first kappa shape index (κ1) is 14.2. The predicted molar refractivity (Wildman–Crippen MR) is 74.9 cm³/mol. The third kappa shape index (κ3) is 5.33. The highest BCUT2D eigenvalue weighted by molar-refractivity contribution is 5.21. The summed E-state index contributed by atoms with van der Waals surface area (Å²) in [6.45, 7) is 8.56. The molecule has 0 saturated carbocycles. The molecule has 0 saturated heterocycles. The van der Waals surface area contributed by atoms with Gasteiger partial charge in [0.05, 0.1) is 0 Å². The summed E-state index contributed by atoms with van der Waals surface area (Å²) < 4.78 is 0. The molecule has 0 aliphatic heterocycles. The Kier molecular flexibility index (Phi) is 5.66. The highest BCUT2D eigenvalue weighted by Crippen LogP contribution is 2.08. The summed E-state index contributed by atoms with van der Waals surface area (Å²) in [5.41, 5.74) is 8.74. The fourth-order valence-electron chi connectivity index (χ4n) is 1.79. The van der Waals surface area contributed by atoms with Crippen molar-refractivity contribution in [2.45, 2.75) is 39.8 Å². The van der Waals surface area contributed by atoms with Gasteiger partial charge in [0.15, 0.2) is 0 Å². The van der Waals surface area contributed by atoms with E-state index in [1.54, 1.807) is 0 Å². The molecule has 0 radical (unpaired) electrons. The Bertz CT molecular complexity index is 316. The standard InChI is InChI=1S/C15H26N2/c1-12(2)15(16)9-10-17(4)11-14-7-5-13(3)6-8-14/h5-8,12,15H,9-11,16H2,1-4H3. The van der Waals surface area contributed by atoms with Gasteiger partial charge in [0.2, 0.25) is 0 Å². The molecule has 1 unspecified atom stereocenters. The van der Waals surface area contributed by atoms with Crippen LogP contribution >= 0.6 is 0 Å². The molecule has 1 aromatic carbocycles. The molecule has 0 fully saturated rings. The Morgan fingerprint density at radius 3 is 2.29 bits per heavy atom. The Balaban J connectivity index is 2.34. The van der Waals surface area contributed by atoms with Crippen LogP contribution in [0.3, 0.4) is 0 Å². The first-order chi connectivity index (χ1) is 7.99. The van der Waals surface area contributed by atoms with Crippen molar-refractivity contribution in [2.24, 2.45) is 11.7 Å². The van der Waals surface area contributed by atoms with Crippen LogP contribution in [0.15, 0.2) is 24.3 Å². The highest BCUT2D eigenvalue weighted by atomic mass is 15.1. The molecule has 1 aromatic rings. The number of nitrogens with zero attached hydrogens (tertiary/aromatic N) is 1. The van der Waals surface area contributed by atoms with Crippen LogP contribution in [0.5, 0.6) is 0 Å². The first-order valence-corrected chi connectivity index (χ1v) is 6.48. The summed E-state index contributed by atoms with van der Waals surface area (Å²) in [5.74, 6) is 0.572. The minimum atomic E-state index is 0.315. The molecule has 0 amide bonds. The van der Waals surface area contributed by atoms with Crippen molar-refractivity contribution in [3.05, 3.63) is 35.4 Å². The normalized spacial score (nSPS) is 13.4. The maximum absolute atomic E-state index is 6.05. The first-order valence-electron chi connectivity index (χ1n) is 6.48. The van der Waals surface area contributed by atoms with Crippen molar-refractivity contribution in [1.82, 2.24) is 4.90 Å². The fraction of sp³-hybridized carbons (Fsp3) is 0.600. The fourth-order valence-corrected chi connectivity index (χ4v) is 1.79. The van der Waals surface area contributed by atoms with Crippen molar-refractivity contribution < 1.29 is 0 Å². The summed E-state index contributed by atoms with van der Waals surface area (Å²) in [6.07, 6.45) is 1.07. The molecule has 1 rings (SSSR count). The van der Waals surface area contributed by atoms with Gasteiger partial charge in [-0.1, -0.05) is 43.7 Å².